The molecule has 0 fully saturated rings. The van der Waals surface area contributed by atoms with Crippen molar-refractivity contribution in [3.8, 4) is 5.75 Å². The minimum absolute atomic E-state index is 0.131. The molecule has 0 heterocycles. The highest BCUT2D eigenvalue weighted by Crippen LogP contribution is 2.26. The average molecular weight is 367 g/mol. The van der Waals surface area contributed by atoms with Crippen LogP contribution < -0.4 is 9.04 Å². The fourth-order valence-corrected chi connectivity index (χ4v) is 3.53. The molecule has 2 aromatic carbocycles. The van der Waals surface area contributed by atoms with Crippen LogP contribution in [0.15, 0.2) is 53.4 Å². The summed E-state index contributed by atoms with van der Waals surface area (Å²) < 4.78 is 49.7. The maximum absolute atomic E-state index is 13.1. The molecular formula is C17H18FNO5S. The van der Waals surface area contributed by atoms with Gasteiger partial charge in [-0.25, -0.2) is 12.8 Å². The molecule has 0 aliphatic carbocycles. The van der Waals surface area contributed by atoms with Crippen molar-refractivity contribution in [1.29, 1.82) is 0 Å². The number of rotatable bonds is 7. The van der Waals surface area contributed by atoms with Gasteiger partial charge in [-0.3, -0.25) is 9.10 Å². The Kier molecular flexibility index (Phi) is 5.97. The number of esters is 1. The lowest BCUT2D eigenvalue weighted by Crippen LogP contribution is -2.36. The van der Waals surface area contributed by atoms with Gasteiger partial charge in [0.25, 0.3) is 10.0 Å². The first-order valence-corrected chi connectivity index (χ1v) is 8.90. The van der Waals surface area contributed by atoms with E-state index in [-0.39, 0.29) is 17.2 Å². The highest BCUT2D eigenvalue weighted by atomic mass is 32.2. The van der Waals surface area contributed by atoms with Crippen LogP contribution in [-0.2, 0) is 19.6 Å². The standard InChI is InChI=1S/C17H18FNO5S/c1-3-24-17(20)12-19(14-6-8-15(23-2)9-7-14)25(21,22)16-10-4-13(18)5-11-16/h4-11H,3,12H2,1-2H3. The highest BCUT2D eigenvalue weighted by molar-refractivity contribution is 7.92. The molecular weight excluding hydrogens is 349 g/mol. The zero-order chi connectivity index (χ0) is 18.4. The third kappa shape index (κ3) is 4.48. The molecule has 2 aromatic rings. The molecule has 0 spiro atoms. The third-order valence-corrected chi connectivity index (χ3v) is 5.13. The summed E-state index contributed by atoms with van der Waals surface area (Å²) in [5, 5.41) is 0. The van der Waals surface area contributed by atoms with Crippen molar-refractivity contribution in [2.75, 3.05) is 24.6 Å². The smallest absolute Gasteiger partial charge is 0.326 e. The fourth-order valence-electron chi connectivity index (χ4n) is 2.12. The predicted octanol–water partition coefficient (Wildman–Crippen LogP) is 2.59. The second-order valence-electron chi connectivity index (χ2n) is 4.97. The first-order chi connectivity index (χ1) is 11.9. The summed E-state index contributed by atoms with van der Waals surface area (Å²) in [6, 6.07) is 10.6. The van der Waals surface area contributed by atoms with Gasteiger partial charge >= 0.3 is 5.97 Å². The Hall–Kier alpha value is -2.61. The van der Waals surface area contributed by atoms with Crippen LogP contribution in [0.2, 0.25) is 0 Å². The van der Waals surface area contributed by atoms with Gasteiger partial charge in [0.15, 0.2) is 0 Å². The minimum atomic E-state index is -4.08. The first-order valence-electron chi connectivity index (χ1n) is 7.46. The zero-order valence-electron chi connectivity index (χ0n) is 13.8. The molecule has 0 radical (unpaired) electrons. The van der Waals surface area contributed by atoms with Crippen LogP contribution in [-0.4, -0.2) is 34.6 Å². The lowest BCUT2D eigenvalue weighted by atomic mass is 10.3. The Morgan fingerprint density at radius 3 is 2.20 bits per heavy atom. The van der Waals surface area contributed by atoms with Gasteiger partial charge in [0.2, 0.25) is 0 Å². The van der Waals surface area contributed by atoms with E-state index in [0.717, 1.165) is 28.6 Å². The number of hydrogen-bond acceptors (Lipinski definition) is 5. The number of ether oxygens (including phenoxy) is 2. The Labute approximate surface area is 145 Å². The average Bonchev–Trinajstić information content (AvgIpc) is 2.60. The van der Waals surface area contributed by atoms with Crippen molar-refractivity contribution in [3.63, 3.8) is 0 Å². The van der Waals surface area contributed by atoms with Crippen LogP contribution in [0.5, 0.6) is 5.75 Å². The van der Waals surface area contributed by atoms with Crippen LogP contribution in [0, 0.1) is 5.82 Å². The van der Waals surface area contributed by atoms with Gasteiger partial charge in [-0.05, 0) is 55.5 Å². The van der Waals surface area contributed by atoms with E-state index in [0.29, 0.717) is 5.75 Å². The molecule has 0 amide bonds. The first kappa shape index (κ1) is 18.7. The summed E-state index contributed by atoms with van der Waals surface area (Å²) in [6.45, 7) is 1.26. The molecule has 0 saturated carbocycles. The van der Waals surface area contributed by atoms with Crippen LogP contribution in [0.1, 0.15) is 6.92 Å². The zero-order valence-corrected chi connectivity index (χ0v) is 14.6. The summed E-state index contributed by atoms with van der Waals surface area (Å²) in [5.74, 6) is -0.705. The fraction of sp³-hybridized carbons (Fsp3) is 0.235. The molecule has 0 aliphatic rings. The van der Waals surface area contributed by atoms with E-state index < -0.39 is 28.4 Å². The number of hydrogen-bond donors (Lipinski definition) is 0. The SMILES string of the molecule is CCOC(=O)CN(c1ccc(OC)cc1)S(=O)(=O)c1ccc(F)cc1. The summed E-state index contributed by atoms with van der Waals surface area (Å²) >= 11 is 0. The van der Waals surface area contributed by atoms with Gasteiger partial charge in [-0.15, -0.1) is 0 Å². The largest absolute Gasteiger partial charge is 0.497 e. The number of carbonyl (C=O) groups excluding carboxylic acids is 1. The van der Waals surface area contributed by atoms with Gasteiger partial charge in [0, 0.05) is 0 Å². The van der Waals surface area contributed by atoms with Crippen LogP contribution in [0.4, 0.5) is 10.1 Å². The second-order valence-corrected chi connectivity index (χ2v) is 6.83. The van der Waals surface area contributed by atoms with Crippen LogP contribution >= 0.6 is 0 Å². The molecule has 134 valence electrons. The molecule has 0 N–H and O–H groups in total. The van der Waals surface area contributed by atoms with Crippen LogP contribution in [0.25, 0.3) is 0 Å². The highest BCUT2D eigenvalue weighted by Gasteiger charge is 2.27. The van der Waals surface area contributed by atoms with Gasteiger partial charge in [-0.1, -0.05) is 0 Å². The van der Waals surface area contributed by atoms with Gasteiger partial charge in [-0.2, -0.15) is 0 Å². The molecule has 25 heavy (non-hydrogen) atoms. The van der Waals surface area contributed by atoms with Gasteiger partial charge in [0.1, 0.15) is 18.1 Å². The van der Waals surface area contributed by atoms with Gasteiger partial charge < -0.3 is 9.47 Å². The van der Waals surface area contributed by atoms with Crippen molar-refractivity contribution in [2.24, 2.45) is 0 Å². The Balaban J connectivity index is 2.45. The number of halogens is 1. The number of sulfonamides is 1. The minimum Gasteiger partial charge on any atom is -0.497 e. The summed E-state index contributed by atoms with van der Waals surface area (Å²) in [4.78, 5) is 11.7. The normalized spacial score (nSPS) is 11.0. The van der Waals surface area contributed by atoms with Crippen LogP contribution in [0.3, 0.4) is 0 Å². The molecule has 6 nitrogen and oxygen atoms in total. The van der Waals surface area contributed by atoms with Crippen molar-refractivity contribution in [2.45, 2.75) is 11.8 Å². The van der Waals surface area contributed by atoms with E-state index in [9.17, 15) is 17.6 Å². The maximum Gasteiger partial charge on any atom is 0.326 e. The molecule has 8 heteroatoms. The van der Waals surface area contributed by atoms with Crippen molar-refractivity contribution < 1.29 is 27.1 Å². The predicted molar refractivity (Wildman–Crippen MR) is 90.6 cm³/mol. The lowest BCUT2D eigenvalue weighted by Gasteiger charge is -2.23. The monoisotopic (exact) mass is 367 g/mol. The molecule has 2 rings (SSSR count). The van der Waals surface area contributed by atoms with Gasteiger partial charge in [0.05, 0.1) is 24.3 Å². The molecule has 0 unspecified atom stereocenters. The van der Waals surface area contributed by atoms with E-state index in [4.69, 9.17) is 9.47 Å². The van der Waals surface area contributed by atoms with E-state index in [2.05, 4.69) is 0 Å². The molecule has 0 saturated heterocycles. The topological polar surface area (TPSA) is 72.9 Å². The van der Waals surface area contributed by atoms with Crippen molar-refractivity contribution in [1.82, 2.24) is 0 Å². The Bertz CT molecular complexity index is 819. The summed E-state index contributed by atoms with van der Waals surface area (Å²) in [7, 11) is -2.59. The Morgan fingerprint density at radius 1 is 1.08 bits per heavy atom. The second kappa shape index (κ2) is 7.98. The molecule has 0 aliphatic heterocycles. The maximum atomic E-state index is 13.1. The van der Waals surface area contributed by atoms with Crippen molar-refractivity contribution >= 4 is 21.7 Å². The van der Waals surface area contributed by atoms with E-state index >= 15 is 0 Å². The number of methoxy groups -OCH3 is 1. The van der Waals surface area contributed by atoms with E-state index in [1.807, 2.05) is 0 Å². The Morgan fingerprint density at radius 2 is 1.68 bits per heavy atom. The number of nitrogens with zero attached hydrogens (tertiary/aromatic N) is 1. The lowest BCUT2D eigenvalue weighted by molar-refractivity contribution is -0.141. The number of benzene rings is 2. The summed E-state index contributed by atoms with van der Waals surface area (Å²) in [5.41, 5.74) is 0.262. The van der Waals surface area contributed by atoms with Crippen molar-refractivity contribution in [3.05, 3.63) is 54.3 Å². The molecule has 0 bridgehead atoms. The number of carbonyl (C=O) groups is 1. The number of anilines is 1. The quantitative estimate of drug-likeness (QED) is 0.704. The van der Waals surface area contributed by atoms with E-state index in [1.54, 1.807) is 19.1 Å². The molecule has 0 aromatic heterocycles. The molecule has 0 atom stereocenters. The van der Waals surface area contributed by atoms with E-state index in [1.165, 1.54) is 19.2 Å². The summed E-state index contributed by atoms with van der Waals surface area (Å²) in [6.07, 6.45) is 0. The third-order valence-electron chi connectivity index (χ3n) is 3.34.